The third kappa shape index (κ3) is 3.67. The molecule has 0 unspecified atom stereocenters. The van der Waals surface area contributed by atoms with E-state index in [1.807, 2.05) is 30.3 Å². The fourth-order valence-corrected chi connectivity index (χ4v) is 2.21. The van der Waals surface area contributed by atoms with Crippen LogP contribution < -0.4 is 10.9 Å². The molecule has 6 nitrogen and oxygen atoms in total. The second-order valence-electron chi connectivity index (χ2n) is 5.18. The average Bonchev–Trinajstić information content (AvgIpc) is 2.60. The monoisotopic (exact) mass is 321 g/mol. The highest BCUT2D eigenvalue weighted by atomic mass is 16.3. The van der Waals surface area contributed by atoms with Gasteiger partial charge in [-0.05, 0) is 30.3 Å². The molecule has 1 amide bonds. The van der Waals surface area contributed by atoms with Gasteiger partial charge in [0.1, 0.15) is 12.3 Å². The molecule has 3 rings (SSSR count). The normalized spacial score (nSPS) is 10.3. The Morgan fingerprint density at radius 3 is 2.42 bits per heavy atom. The predicted molar refractivity (Wildman–Crippen MR) is 90.7 cm³/mol. The van der Waals surface area contributed by atoms with E-state index in [0.29, 0.717) is 11.4 Å². The molecule has 0 saturated heterocycles. The number of rotatable bonds is 4. The van der Waals surface area contributed by atoms with Crippen LogP contribution >= 0.6 is 0 Å². The van der Waals surface area contributed by atoms with Crippen molar-refractivity contribution in [3.05, 3.63) is 77.1 Å². The van der Waals surface area contributed by atoms with Crippen LogP contribution in [0, 0.1) is 0 Å². The summed E-state index contributed by atoms with van der Waals surface area (Å²) in [4.78, 5) is 24.0. The molecular weight excluding hydrogens is 306 g/mol. The minimum Gasteiger partial charge on any atom is -0.508 e. The number of benzene rings is 2. The van der Waals surface area contributed by atoms with E-state index in [1.165, 1.54) is 18.2 Å². The lowest BCUT2D eigenvalue weighted by atomic mass is 10.1. The summed E-state index contributed by atoms with van der Waals surface area (Å²) in [7, 11) is 0. The number of aromatic nitrogens is 2. The molecule has 1 heterocycles. The first-order valence-electron chi connectivity index (χ1n) is 7.34. The lowest BCUT2D eigenvalue weighted by molar-refractivity contribution is -0.117. The van der Waals surface area contributed by atoms with Crippen molar-refractivity contribution in [3.8, 4) is 17.0 Å². The van der Waals surface area contributed by atoms with Gasteiger partial charge in [-0.3, -0.25) is 9.59 Å². The number of amides is 1. The van der Waals surface area contributed by atoms with Crippen molar-refractivity contribution >= 4 is 11.6 Å². The molecular formula is C18H15N3O3. The van der Waals surface area contributed by atoms with Crippen LogP contribution in [0.3, 0.4) is 0 Å². The van der Waals surface area contributed by atoms with Gasteiger partial charge in [0.25, 0.3) is 5.56 Å². The van der Waals surface area contributed by atoms with E-state index >= 15 is 0 Å². The van der Waals surface area contributed by atoms with E-state index in [-0.39, 0.29) is 23.8 Å². The van der Waals surface area contributed by atoms with E-state index in [4.69, 9.17) is 0 Å². The van der Waals surface area contributed by atoms with Gasteiger partial charge in [0.05, 0.1) is 5.69 Å². The zero-order valence-corrected chi connectivity index (χ0v) is 12.7. The Bertz CT molecular complexity index is 903. The van der Waals surface area contributed by atoms with E-state index < -0.39 is 0 Å². The Hall–Kier alpha value is -3.41. The molecule has 24 heavy (non-hydrogen) atoms. The van der Waals surface area contributed by atoms with Crippen molar-refractivity contribution in [1.29, 1.82) is 0 Å². The van der Waals surface area contributed by atoms with E-state index in [1.54, 1.807) is 18.2 Å². The summed E-state index contributed by atoms with van der Waals surface area (Å²) in [5.41, 5.74) is 1.67. The van der Waals surface area contributed by atoms with Gasteiger partial charge < -0.3 is 10.4 Å². The maximum atomic E-state index is 12.1. The van der Waals surface area contributed by atoms with Crippen LogP contribution in [-0.2, 0) is 11.3 Å². The lowest BCUT2D eigenvalue weighted by Gasteiger charge is -2.08. The Balaban J connectivity index is 1.78. The summed E-state index contributed by atoms with van der Waals surface area (Å²) < 4.78 is 1.12. The third-order valence-electron chi connectivity index (χ3n) is 3.38. The zero-order valence-electron chi connectivity index (χ0n) is 12.7. The fourth-order valence-electron chi connectivity index (χ4n) is 2.21. The van der Waals surface area contributed by atoms with Crippen LogP contribution in [0.25, 0.3) is 11.3 Å². The average molecular weight is 321 g/mol. The summed E-state index contributed by atoms with van der Waals surface area (Å²) in [5, 5.41) is 16.1. The summed E-state index contributed by atoms with van der Waals surface area (Å²) in [5.74, 6) is -0.262. The number of hydrogen-bond donors (Lipinski definition) is 2. The first-order chi connectivity index (χ1) is 11.6. The molecule has 3 aromatic rings. The molecule has 1 aromatic heterocycles. The Kier molecular flexibility index (Phi) is 4.38. The number of carbonyl (C=O) groups excluding carboxylic acids is 1. The highest BCUT2D eigenvalue weighted by Gasteiger charge is 2.08. The van der Waals surface area contributed by atoms with Crippen LogP contribution in [-0.4, -0.2) is 20.8 Å². The topological polar surface area (TPSA) is 84.2 Å². The quantitative estimate of drug-likeness (QED) is 0.722. The number of phenols is 1. The number of carbonyl (C=O) groups is 1. The molecule has 2 aromatic carbocycles. The lowest BCUT2D eigenvalue weighted by Crippen LogP contribution is -2.29. The first-order valence-corrected chi connectivity index (χ1v) is 7.34. The smallest absolute Gasteiger partial charge is 0.267 e. The number of anilines is 1. The number of nitrogens with one attached hydrogen (secondary N) is 1. The Morgan fingerprint density at radius 1 is 1.00 bits per heavy atom. The van der Waals surface area contributed by atoms with Crippen LogP contribution in [0.2, 0.25) is 0 Å². The second kappa shape index (κ2) is 6.78. The maximum absolute atomic E-state index is 12.1. The summed E-state index contributed by atoms with van der Waals surface area (Å²) >= 11 is 0. The van der Waals surface area contributed by atoms with Gasteiger partial charge in [0.2, 0.25) is 5.91 Å². The molecule has 0 bridgehead atoms. The molecule has 0 aliphatic heterocycles. The summed E-state index contributed by atoms with van der Waals surface area (Å²) in [6.07, 6.45) is 0. The minimum atomic E-state index is -0.375. The van der Waals surface area contributed by atoms with Crippen LogP contribution in [0.15, 0.2) is 71.5 Å². The molecule has 120 valence electrons. The van der Waals surface area contributed by atoms with Crippen molar-refractivity contribution in [2.75, 3.05) is 5.32 Å². The second-order valence-corrected chi connectivity index (χ2v) is 5.18. The Labute approximate surface area is 138 Å². The number of aromatic hydroxyl groups is 1. The largest absolute Gasteiger partial charge is 0.508 e. The van der Waals surface area contributed by atoms with Gasteiger partial charge >= 0.3 is 0 Å². The van der Waals surface area contributed by atoms with Crippen LogP contribution in [0.1, 0.15) is 0 Å². The predicted octanol–water partition coefficient (Wildman–Crippen LogP) is 2.25. The number of hydrogen-bond acceptors (Lipinski definition) is 4. The van der Waals surface area contributed by atoms with Crippen molar-refractivity contribution in [1.82, 2.24) is 9.78 Å². The number of nitrogens with zero attached hydrogens (tertiary/aromatic N) is 2. The van der Waals surface area contributed by atoms with Crippen molar-refractivity contribution < 1.29 is 9.90 Å². The van der Waals surface area contributed by atoms with Gasteiger partial charge in [-0.15, -0.1) is 0 Å². The SMILES string of the molecule is O=C(Cn1nc(-c2ccccc2)ccc1=O)Nc1ccc(O)cc1. The van der Waals surface area contributed by atoms with E-state index in [9.17, 15) is 14.7 Å². The molecule has 0 aliphatic rings. The molecule has 0 saturated carbocycles. The van der Waals surface area contributed by atoms with Crippen molar-refractivity contribution in [2.24, 2.45) is 0 Å². The zero-order chi connectivity index (χ0) is 16.9. The molecule has 6 heteroatoms. The fraction of sp³-hybridized carbons (Fsp3) is 0.0556. The van der Waals surface area contributed by atoms with E-state index in [2.05, 4.69) is 10.4 Å². The van der Waals surface area contributed by atoms with Crippen LogP contribution in [0.4, 0.5) is 5.69 Å². The van der Waals surface area contributed by atoms with Gasteiger partial charge in [-0.25, -0.2) is 4.68 Å². The number of phenolic OH excluding ortho intramolecular Hbond substituents is 1. The van der Waals surface area contributed by atoms with Gasteiger partial charge in [-0.1, -0.05) is 30.3 Å². The third-order valence-corrected chi connectivity index (χ3v) is 3.38. The van der Waals surface area contributed by atoms with Crippen LogP contribution in [0.5, 0.6) is 5.75 Å². The highest BCUT2D eigenvalue weighted by Crippen LogP contribution is 2.15. The maximum Gasteiger partial charge on any atom is 0.267 e. The van der Waals surface area contributed by atoms with Crippen molar-refractivity contribution in [2.45, 2.75) is 6.54 Å². The minimum absolute atomic E-state index is 0.112. The highest BCUT2D eigenvalue weighted by molar-refractivity contribution is 5.90. The summed E-state index contributed by atoms with van der Waals surface area (Å²) in [6.45, 7) is -0.194. The van der Waals surface area contributed by atoms with Gasteiger partial charge in [0.15, 0.2) is 0 Å². The first kappa shape index (κ1) is 15.5. The van der Waals surface area contributed by atoms with Gasteiger partial charge in [-0.2, -0.15) is 5.10 Å². The standard InChI is InChI=1S/C18H15N3O3/c22-15-8-6-14(7-9-15)19-17(23)12-21-18(24)11-10-16(20-21)13-4-2-1-3-5-13/h1-11,22H,12H2,(H,19,23). The molecule has 0 aliphatic carbocycles. The molecule has 2 N–H and O–H groups in total. The summed E-state index contributed by atoms with van der Waals surface area (Å²) in [6, 6.07) is 18.5. The molecule has 0 atom stereocenters. The molecule has 0 radical (unpaired) electrons. The molecule has 0 fully saturated rings. The van der Waals surface area contributed by atoms with E-state index in [0.717, 1.165) is 10.2 Å². The van der Waals surface area contributed by atoms with Gasteiger partial charge in [0, 0.05) is 17.3 Å². The molecule has 0 spiro atoms. The van der Waals surface area contributed by atoms with Crippen molar-refractivity contribution in [3.63, 3.8) is 0 Å². The Morgan fingerprint density at radius 2 is 1.71 bits per heavy atom.